The van der Waals surface area contributed by atoms with Gasteiger partial charge in [0.05, 0.1) is 0 Å². The van der Waals surface area contributed by atoms with Crippen LogP contribution in [0.1, 0.15) is 13.3 Å². The van der Waals surface area contributed by atoms with Crippen LogP contribution in [0.5, 0.6) is 0 Å². The van der Waals surface area contributed by atoms with Gasteiger partial charge in [-0.25, -0.2) is 0 Å². The molecule has 0 saturated carbocycles. The second-order valence-electron chi connectivity index (χ2n) is 5.68. The van der Waals surface area contributed by atoms with Gasteiger partial charge in [-0.2, -0.15) is 0 Å². The quantitative estimate of drug-likeness (QED) is 0.527. The number of carbonyl (C=O) groups excluding carboxylic acids is 1. The number of hydrogen-bond donors (Lipinski definition) is 0. The number of Topliss-reactive ketones (excluding diaryl/α,β-unsaturated/α-hetero) is 1. The molecule has 0 N–H and O–H groups in total. The molecule has 0 aliphatic rings. The Morgan fingerprint density at radius 1 is 1.20 bits per heavy atom. The van der Waals surface area contributed by atoms with Crippen molar-refractivity contribution in [3.63, 3.8) is 0 Å². The first kappa shape index (κ1) is 14.8. The third kappa shape index (κ3) is 7.70. The maximum atomic E-state index is 11.4. The Balaban J connectivity index is 4.16. The van der Waals surface area contributed by atoms with E-state index in [1.54, 1.807) is 6.92 Å². The van der Waals surface area contributed by atoms with Crippen molar-refractivity contribution in [2.24, 2.45) is 0 Å². The molecular formula is C11H24O2Si2. The number of allylic oxidation sites excluding steroid dienone is 1. The number of carbonyl (C=O) groups is 1. The molecule has 88 valence electrons. The Morgan fingerprint density at radius 3 is 2.00 bits per heavy atom. The summed E-state index contributed by atoms with van der Waals surface area (Å²) >= 11 is 0. The maximum Gasteiger partial charge on any atom is 0.173 e. The molecule has 0 aliphatic carbocycles. The summed E-state index contributed by atoms with van der Waals surface area (Å²) in [6.45, 7) is 16.4. The van der Waals surface area contributed by atoms with Crippen molar-refractivity contribution < 1.29 is 8.91 Å². The van der Waals surface area contributed by atoms with Gasteiger partial charge in [-0.05, 0) is 51.3 Å². The lowest BCUT2D eigenvalue weighted by Crippen LogP contribution is -2.42. The molecule has 0 unspecified atom stereocenters. The first-order chi connectivity index (χ1) is 6.53. The van der Waals surface area contributed by atoms with Crippen LogP contribution in [0.4, 0.5) is 0 Å². The zero-order chi connectivity index (χ0) is 12.3. The second kappa shape index (κ2) is 5.23. The summed E-state index contributed by atoms with van der Waals surface area (Å²) in [6, 6.07) is 0.906. The van der Waals surface area contributed by atoms with Crippen molar-refractivity contribution in [2.75, 3.05) is 0 Å². The highest BCUT2D eigenvalue weighted by molar-refractivity contribution is 6.84. The molecule has 0 fully saturated rings. The van der Waals surface area contributed by atoms with E-state index in [4.69, 9.17) is 4.12 Å². The van der Waals surface area contributed by atoms with E-state index in [1.165, 1.54) is 0 Å². The van der Waals surface area contributed by atoms with Gasteiger partial charge in [0.25, 0.3) is 0 Å². The van der Waals surface area contributed by atoms with E-state index in [9.17, 15) is 4.79 Å². The highest BCUT2D eigenvalue weighted by Gasteiger charge is 2.29. The smallest absolute Gasteiger partial charge is 0.173 e. The van der Waals surface area contributed by atoms with Crippen molar-refractivity contribution in [2.45, 2.75) is 52.1 Å². The average molecular weight is 244 g/mol. The van der Waals surface area contributed by atoms with E-state index in [-0.39, 0.29) is 5.78 Å². The summed E-state index contributed by atoms with van der Waals surface area (Å²) in [6.07, 6.45) is 0.596. The Hall–Kier alpha value is -0.196. The van der Waals surface area contributed by atoms with Gasteiger partial charge >= 0.3 is 0 Å². The van der Waals surface area contributed by atoms with Crippen molar-refractivity contribution in [3.05, 3.63) is 12.2 Å². The predicted molar refractivity (Wildman–Crippen MR) is 71.2 cm³/mol. The molecule has 2 nitrogen and oxygen atoms in total. The third-order valence-corrected chi connectivity index (χ3v) is 8.13. The number of ketones is 1. The first-order valence-electron chi connectivity index (χ1n) is 5.42. The summed E-state index contributed by atoms with van der Waals surface area (Å²) in [5.74, 6) is 0.176. The molecule has 0 amide bonds. The van der Waals surface area contributed by atoms with Crippen LogP contribution in [0.3, 0.4) is 0 Å². The molecule has 4 heteroatoms. The van der Waals surface area contributed by atoms with Crippen molar-refractivity contribution in [1.29, 1.82) is 0 Å². The zero-order valence-corrected chi connectivity index (χ0v) is 12.9. The standard InChI is InChI=1S/C11H24O2Si2/c1-10(2)11(12)8-9-15(6,7)13-14(3,4)5/h1,8-9H2,2-7H3. The highest BCUT2D eigenvalue weighted by atomic mass is 28.4. The zero-order valence-electron chi connectivity index (χ0n) is 10.9. The van der Waals surface area contributed by atoms with Crippen LogP contribution in [0.2, 0.25) is 38.8 Å². The largest absolute Gasteiger partial charge is 0.456 e. The lowest BCUT2D eigenvalue weighted by Gasteiger charge is -2.31. The summed E-state index contributed by atoms with van der Waals surface area (Å²) in [5.41, 5.74) is 0.660. The van der Waals surface area contributed by atoms with Crippen molar-refractivity contribution in [1.82, 2.24) is 0 Å². The molecule has 0 spiro atoms. The molecule has 0 rings (SSSR count). The third-order valence-electron chi connectivity index (χ3n) is 2.01. The lowest BCUT2D eigenvalue weighted by molar-refractivity contribution is -0.115. The van der Waals surface area contributed by atoms with Gasteiger partial charge < -0.3 is 4.12 Å². The fraction of sp³-hybridized carbons (Fsp3) is 0.727. The van der Waals surface area contributed by atoms with Crippen LogP contribution < -0.4 is 0 Å². The van der Waals surface area contributed by atoms with Crippen molar-refractivity contribution >= 4 is 22.4 Å². The summed E-state index contributed by atoms with van der Waals surface area (Å²) in [4.78, 5) is 11.4. The van der Waals surface area contributed by atoms with Gasteiger partial charge in [-0.3, -0.25) is 4.79 Å². The van der Waals surface area contributed by atoms with Crippen LogP contribution in [0.15, 0.2) is 12.2 Å². The van der Waals surface area contributed by atoms with Crippen LogP contribution >= 0.6 is 0 Å². The van der Waals surface area contributed by atoms with Crippen LogP contribution in [0, 0.1) is 0 Å². The van der Waals surface area contributed by atoms with E-state index in [2.05, 4.69) is 39.3 Å². The lowest BCUT2D eigenvalue weighted by atomic mass is 10.2. The van der Waals surface area contributed by atoms with Crippen LogP contribution in [-0.2, 0) is 8.91 Å². The Morgan fingerprint density at radius 2 is 1.67 bits per heavy atom. The Kier molecular flexibility index (Phi) is 5.16. The highest BCUT2D eigenvalue weighted by Crippen LogP contribution is 2.20. The fourth-order valence-corrected chi connectivity index (χ4v) is 9.38. The van der Waals surface area contributed by atoms with E-state index in [0.717, 1.165) is 6.04 Å². The number of rotatable bonds is 6. The fourth-order valence-electron chi connectivity index (χ4n) is 1.51. The number of hydrogen-bond acceptors (Lipinski definition) is 2. The summed E-state index contributed by atoms with van der Waals surface area (Å²) in [5, 5.41) is 0. The minimum atomic E-state index is -1.65. The second-order valence-corrected chi connectivity index (χ2v) is 14.7. The molecule has 0 atom stereocenters. The molecule has 0 aromatic rings. The Labute approximate surface area is 96.0 Å². The summed E-state index contributed by atoms with van der Waals surface area (Å²) < 4.78 is 6.15. The van der Waals surface area contributed by atoms with E-state index < -0.39 is 16.6 Å². The molecule has 0 saturated heterocycles. The van der Waals surface area contributed by atoms with Gasteiger partial charge in [0.2, 0.25) is 0 Å². The maximum absolute atomic E-state index is 11.4. The summed E-state index contributed by atoms with van der Waals surface area (Å²) in [7, 11) is -3.11. The first-order valence-corrected chi connectivity index (χ1v) is 11.9. The van der Waals surface area contributed by atoms with Gasteiger partial charge in [-0.1, -0.05) is 6.58 Å². The molecule has 0 aromatic heterocycles. The monoisotopic (exact) mass is 244 g/mol. The molecule has 0 aromatic carbocycles. The minimum Gasteiger partial charge on any atom is -0.456 e. The van der Waals surface area contributed by atoms with E-state index in [0.29, 0.717) is 12.0 Å². The predicted octanol–water partition coefficient (Wildman–Crippen LogP) is 3.58. The van der Waals surface area contributed by atoms with Crippen molar-refractivity contribution in [3.8, 4) is 0 Å². The van der Waals surface area contributed by atoms with E-state index in [1.807, 2.05) is 0 Å². The Bertz CT molecular complexity index is 252. The molecule has 0 aliphatic heterocycles. The van der Waals surface area contributed by atoms with Gasteiger partial charge in [0.15, 0.2) is 22.4 Å². The van der Waals surface area contributed by atoms with E-state index >= 15 is 0 Å². The van der Waals surface area contributed by atoms with Crippen LogP contribution in [0.25, 0.3) is 0 Å². The molecule has 15 heavy (non-hydrogen) atoms. The average Bonchev–Trinajstić information content (AvgIpc) is 1.95. The topological polar surface area (TPSA) is 26.3 Å². The normalized spacial score (nSPS) is 12.7. The molecule has 0 radical (unpaired) electrons. The van der Waals surface area contributed by atoms with Gasteiger partial charge in [-0.15, -0.1) is 0 Å². The van der Waals surface area contributed by atoms with Crippen LogP contribution in [-0.4, -0.2) is 22.4 Å². The van der Waals surface area contributed by atoms with Gasteiger partial charge in [0.1, 0.15) is 0 Å². The molecule has 0 bridgehead atoms. The SMILES string of the molecule is C=C(C)C(=O)CC[Si](C)(C)O[Si](C)(C)C. The minimum absolute atomic E-state index is 0.176. The molecule has 0 heterocycles. The molecular weight excluding hydrogens is 220 g/mol. The van der Waals surface area contributed by atoms with Gasteiger partial charge in [0, 0.05) is 6.42 Å².